The number of amides is 1. The van der Waals surface area contributed by atoms with E-state index in [4.69, 9.17) is 4.74 Å². The highest BCUT2D eigenvalue weighted by molar-refractivity contribution is 5.95. The Morgan fingerprint density at radius 3 is 2.48 bits per heavy atom. The molecule has 1 aromatic carbocycles. The number of nitrogens with one attached hydrogen (secondary N) is 1. The Labute approximate surface area is 175 Å². The average Bonchev–Trinajstić information content (AvgIpc) is 3.04. The largest absolute Gasteiger partial charge is 0.444 e. The highest BCUT2D eigenvalue weighted by Crippen LogP contribution is 2.37. The molecule has 1 saturated heterocycles. The van der Waals surface area contributed by atoms with Crippen LogP contribution >= 0.6 is 0 Å². The number of benzene rings is 1. The van der Waals surface area contributed by atoms with Crippen molar-refractivity contribution in [1.29, 1.82) is 0 Å². The van der Waals surface area contributed by atoms with E-state index in [0.29, 0.717) is 31.6 Å². The normalized spacial score (nSPS) is 16.3. The molecular formula is C21H23F3N4O3. The smallest absolute Gasteiger partial charge is 0.417 e. The lowest BCUT2D eigenvalue weighted by molar-refractivity contribution is -0.136. The van der Waals surface area contributed by atoms with Crippen LogP contribution in [0.5, 0.6) is 0 Å². The monoisotopic (exact) mass is 436 g/mol. The van der Waals surface area contributed by atoms with Gasteiger partial charge >= 0.3 is 12.3 Å². The lowest BCUT2D eigenvalue weighted by Gasteiger charge is -2.33. The van der Waals surface area contributed by atoms with Gasteiger partial charge in [0.2, 0.25) is 0 Å². The van der Waals surface area contributed by atoms with Crippen molar-refractivity contribution in [1.82, 2.24) is 19.5 Å². The van der Waals surface area contributed by atoms with Crippen LogP contribution in [0.2, 0.25) is 0 Å². The maximum Gasteiger partial charge on any atom is 0.417 e. The molecule has 1 N–H and O–H groups in total. The van der Waals surface area contributed by atoms with Gasteiger partial charge in [0, 0.05) is 25.1 Å². The first kappa shape index (κ1) is 21.2. The zero-order valence-corrected chi connectivity index (χ0v) is 17.4. The third-order valence-corrected chi connectivity index (χ3v) is 5.33. The summed E-state index contributed by atoms with van der Waals surface area (Å²) in [7, 11) is 0. The molecular weight excluding hydrogens is 413 g/mol. The second kappa shape index (κ2) is 7.28. The van der Waals surface area contributed by atoms with Crippen LogP contribution in [0.3, 0.4) is 0 Å². The summed E-state index contributed by atoms with van der Waals surface area (Å²) >= 11 is 0. The van der Waals surface area contributed by atoms with Crippen LogP contribution in [0.15, 0.2) is 29.1 Å². The summed E-state index contributed by atoms with van der Waals surface area (Å²) in [6, 6.07) is 5.15. The fraction of sp³-hybridized carbons (Fsp3) is 0.476. The molecule has 0 saturated carbocycles. The van der Waals surface area contributed by atoms with Gasteiger partial charge in [-0.15, -0.1) is 0 Å². The second-order valence-corrected chi connectivity index (χ2v) is 8.76. The minimum Gasteiger partial charge on any atom is -0.444 e. The van der Waals surface area contributed by atoms with E-state index in [1.807, 2.05) is 0 Å². The Balaban J connectivity index is 1.70. The molecule has 0 bridgehead atoms. The number of likely N-dealkylation sites (tertiary alicyclic amines) is 1. The van der Waals surface area contributed by atoms with Crippen molar-refractivity contribution in [2.75, 3.05) is 13.1 Å². The van der Waals surface area contributed by atoms with Crippen LogP contribution < -0.4 is 5.56 Å². The van der Waals surface area contributed by atoms with Gasteiger partial charge in [-0.05, 0) is 45.7 Å². The van der Waals surface area contributed by atoms with Gasteiger partial charge in [0.05, 0.1) is 22.2 Å². The van der Waals surface area contributed by atoms with Gasteiger partial charge in [-0.25, -0.2) is 9.31 Å². The van der Waals surface area contributed by atoms with Gasteiger partial charge in [0.1, 0.15) is 11.2 Å². The van der Waals surface area contributed by atoms with Crippen LogP contribution in [0.1, 0.15) is 50.8 Å². The molecule has 166 valence electrons. The summed E-state index contributed by atoms with van der Waals surface area (Å²) in [6.07, 6.45) is -3.89. The number of nitrogens with zero attached hydrogens (tertiary/aromatic N) is 3. The molecule has 2 aromatic heterocycles. The van der Waals surface area contributed by atoms with Crippen LogP contribution in [0.25, 0.3) is 16.6 Å². The van der Waals surface area contributed by atoms with Gasteiger partial charge < -0.3 is 14.6 Å². The summed E-state index contributed by atoms with van der Waals surface area (Å²) in [4.78, 5) is 28.7. The molecule has 0 aliphatic carbocycles. The summed E-state index contributed by atoms with van der Waals surface area (Å²) < 4.78 is 47.4. The molecule has 1 fully saturated rings. The molecule has 7 nitrogen and oxygen atoms in total. The molecule has 10 heteroatoms. The first-order valence-corrected chi connectivity index (χ1v) is 10.0. The number of H-pyrrole nitrogens is 1. The Morgan fingerprint density at radius 2 is 1.87 bits per heavy atom. The number of halogens is 3. The molecule has 1 amide bonds. The van der Waals surface area contributed by atoms with E-state index in [-0.39, 0.29) is 22.5 Å². The minimum atomic E-state index is -4.57. The van der Waals surface area contributed by atoms with Crippen LogP contribution in [0, 0.1) is 0 Å². The number of alkyl halides is 3. The van der Waals surface area contributed by atoms with Crippen molar-refractivity contribution in [3.05, 3.63) is 45.9 Å². The summed E-state index contributed by atoms with van der Waals surface area (Å²) in [5.74, 6) is -0.132. The molecule has 3 aromatic rings. The Morgan fingerprint density at radius 1 is 1.19 bits per heavy atom. The number of carbonyl (C=O) groups is 1. The molecule has 3 heterocycles. The molecule has 31 heavy (non-hydrogen) atoms. The van der Waals surface area contributed by atoms with E-state index in [9.17, 15) is 22.8 Å². The Kier molecular flexibility index (Phi) is 4.98. The van der Waals surface area contributed by atoms with E-state index in [0.717, 1.165) is 6.07 Å². The fourth-order valence-corrected chi connectivity index (χ4v) is 4.00. The summed E-state index contributed by atoms with van der Waals surface area (Å²) in [5.41, 5.74) is -1.21. The Bertz CT molecular complexity index is 1200. The quantitative estimate of drug-likeness (QED) is 0.617. The Hall–Kier alpha value is -3.04. The first-order chi connectivity index (χ1) is 14.4. The molecule has 4 rings (SSSR count). The highest BCUT2D eigenvalue weighted by atomic mass is 19.4. The van der Waals surface area contributed by atoms with E-state index >= 15 is 0 Å². The number of fused-ring (bicyclic) bond motifs is 3. The highest BCUT2D eigenvalue weighted by Gasteiger charge is 2.35. The predicted octanol–water partition coefficient (Wildman–Crippen LogP) is 4.31. The number of hydrogen-bond donors (Lipinski definition) is 1. The number of aromatic nitrogens is 3. The minimum absolute atomic E-state index is 0.0278. The van der Waals surface area contributed by atoms with Gasteiger partial charge in [-0.1, -0.05) is 6.07 Å². The predicted molar refractivity (Wildman–Crippen MR) is 108 cm³/mol. The number of carbonyl (C=O) groups excluding carboxylic acids is 1. The topological polar surface area (TPSA) is 79.7 Å². The van der Waals surface area contributed by atoms with Crippen molar-refractivity contribution in [2.24, 2.45) is 0 Å². The number of hydrogen-bond acceptors (Lipinski definition) is 4. The van der Waals surface area contributed by atoms with E-state index in [1.165, 1.54) is 22.7 Å². The van der Waals surface area contributed by atoms with Crippen molar-refractivity contribution in [3.8, 4) is 0 Å². The third-order valence-electron chi connectivity index (χ3n) is 5.33. The fourth-order valence-electron chi connectivity index (χ4n) is 4.00. The van der Waals surface area contributed by atoms with E-state index in [1.54, 1.807) is 25.7 Å². The number of ether oxygens (including phenoxy) is 1. The van der Waals surface area contributed by atoms with Crippen LogP contribution in [-0.2, 0) is 10.9 Å². The van der Waals surface area contributed by atoms with Crippen molar-refractivity contribution < 1.29 is 22.7 Å². The standard InChI is InChI=1S/C21H23F3N4O3/c1-20(2,3)31-19(30)27-9-7-12(8-10-27)15-11-16(29)25-18-17-13(21(22,23)24)5-4-6-14(17)26-28(15)18/h4-6,11-12H,7-10H2,1-3H3,(H,25,29). The maximum atomic E-state index is 13.5. The molecule has 1 aliphatic rings. The van der Waals surface area contributed by atoms with E-state index < -0.39 is 29.0 Å². The van der Waals surface area contributed by atoms with Crippen molar-refractivity contribution >= 4 is 22.6 Å². The van der Waals surface area contributed by atoms with Crippen molar-refractivity contribution in [2.45, 2.75) is 51.3 Å². The molecule has 0 spiro atoms. The summed E-state index contributed by atoms with van der Waals surface area (Å²) in [6.45, 7) is 6.22. The van der Waals surface area contributed by atoms with E-state index in [2.05, 4.69) is 10.1 Å². The summed E-state index contributed by atoms with van der Waals surface area (Å²) in [5, 5.41) is 4.22. The molecule has 1 aliphatic heterocycles. The zero-order valence-electron chi connectivity index (χ0n) is 17.4. The average molecular weight is 436 g/mol. The van der Waals surface area contributed by atoms with Gasteiger partial charge in [-0.2, -0.15) is 18.3 Å². The van der Waals surface area contributed by atoms with Crippen molar-refractivity contribution in [3.63, 3.8) is 0 Å². The third kappa shape index (κ3) is 4.11. The number of aromatic amines is 1. The van der Waals surface area contributed by atoms with Crippen LogP contribution in [0.4, 0.5) is 18.0 Å². The molecule has 0 unspecified atom stereocenters. The SMILES string of the molecule is CC(C)(C)OC(=O)N1CCC(c2cc(=O)[nH]c3c4c(C(F)(F)F)cccc4nn23)CC1. The first-order valence-electron chi connectivity index (χ1n) is 10.0. The van der Waals surface area contributed by atoms with Crippen LogP contribution in [-0.4, -0.2) is 44.3 Å². The van der Waals surface area contributed by atoms with Gasteiger partial charge in [0.15, 0.2) is 0 Å². The zero-order chi connectivity index (χ0) is 22.6. The number of piperidine rings is 1. The van der Waals surface area contributed by atoms with Gasteiger partial charge in [-0.3, -0.25) is 4.79 Å². The lowest BCUT2D eigenvalue weighted by atomic mass is 9.93. The molecule has 0 atom stereocenters. The maximum absolute atomic E-state index is 13.5. The lowest BCUT2D eigenvalue weighted by Crippen LogP contribution is -2.41. The second-order valence-electron chi connectivity index (χ2n) is 8.76. The molecule has 0 radical (unpaired) electrons. The number of rotatable bonds is 1. The van der Waals surface area contributed by atoms with Gasteiger partial charge in [0.25, 0.3) is 5.56 Å².